The molecule has 14 heavy (non-hydrogen) atoms. The van der Waals surface area contributed by atoms with Crippen LogP contribution in [0.1, 0.15) is 11.7 Å². The minimum absolute atomic E-state index is 0.315. The third-order valence-electron chi connectivity index (χ3n) is 1.67. The number of primary amides is 1. The standard InChI is InChI=1S/C9H10ClNO3/c10-7-3-1-6(2-4-7)8(5-12)14-9(11)13/h1-4,8,12H,5H2,(H2,11,13). The van der Waals surface area contributed by atoms with Crippen LogP contribution >= 0.6 is 11.6 Å². The third kappa shape index (κ3) is 2.90. The Morgan fingerprint density at radius 2 is 2.07 bits per heavy atom. The molecular formula is C9H10ClNO3. The van der Waals surface area contributed by atoms with Crippen molar-refractivity contribution in [1.29, 1.82) is 0 Å². The van der Waals surface area contributed by atoms with Gasteiger partial charge in [0.15, 0.2) is 6.10 Å². The molecule has 0 spiro atoms. The van der Waals surface area contributed by atoms with Crippen LogP contribution in [0.25, 0.3) is 0 Å². The highest BCUT2D eigenvalue weighted by molar-refractivity contribution is 6.30. The average Bonchev–Trinajstić information content (AvgIpc) is 2.15. The molecule has 1 aromatic carbocycles. The van der Waals surface area contributed by atoms with E-state index in [0.29, 0.717) is 10.6 Å². The second-order valence-electron chi connectivity index (χ2n) is 2.66. The highest BCUT2D eigenvalue weighted by Gasteiger charge is 2.13. The number of carbonyl (C=O) groups excluding carboxylic acids is 1. The van der Waals surface area contributed by atoms with Crippen molar-refractivity contribution in [2.75, 3.05) is 6.61 Å². The normalized spacial score (nSPS) is 12.1. The second kappa shape index (κ2) is 4.83. The van der Waals surface area contributed by atoms with Crippen molar-refractivity contribution >= 4 is 17.7 Å². The monoisotopic (exact) mass is 215 g/mol. The second-order valence-corrected chi connectivity index (χ2v) is 3.10. The molecule has 5 heteroatoms. The van der Waals surface area contributed by atoms with Gasteiger partial charge < -0.3 is 15.6 Å². The molecular weight excluding hydrogens is 206 g/mol. The van der Waals surface area contributed by atoms with Gasteiger partial charge in [0.2, 0.25) is 0 Å². The quantitative estimate of drug-likeness (QED) is 0.802. The summed E-state index contributed by atoms with van der Waals surface area (Å²) < 4.78 is 4.67. The Hall–Kier alpha value is -1.26. The number of amides is 1. The molecule has 0 heterocycles. The van der Waals surface area contributed by atoms with E-state index in [-0.39, 0.29) is 6.61 Å². The first-order valence-electron chi connectivity index (χ1n) is 3.96. The van der Waals surface area contributed by atoms with Crippen molar-refractivity contribution in [3.05, 3.63) is 34.9 Å². The SMILES string of the molecule is NC(=O)OC(CO)c1ccc(Cl)cc1. The number of carbonyl (C=O) groups is 1. The maximum Gasteiger partial charge on any atom is 0.405 e. The van der Waals surface area contributed by atoms with Gasteiger partial charge in [0.1, 0.15) is 0 Å². The van der Waals surface area contributed by atoms with Crippen LogP contribution in [0.5, 0.6) is 0 Å². The van der Waals surface area contributed by atoms with Crippen molar-refractivity contribution in [3.63, 3.8) is 0 Å². The van der Waals surface area contributed by atoms with Crippen molar-refractivity contribution in [3.8, 4) is 0 Å². The van der Waals surface area contributed by atoms with Crippen LogP contribution in [-0.2, 0) is 4.74 Å². The minimum atomic E-state index is -0.918. The van der Waals surface area contributed by atoms with Gasteiger partial charge in [-0.15, -0.1) is 0 Å². The molecule has 4 nitrogen and oxygen atoms in total. The van der Waals surface area contributed by atoms with Gasteiger partial charge in [-0.2, -0.15) is 0 Å². The summed E-state index contributed by atoms with van der Waals surface area (Å²) in [7, 11) is 0. The van der Waals surface area contributed by atoms with Crippen molar-refractivity contribution in [2.45, 2.75) is 6.10 Å². The van der Waals surface area contributed by atoms with Gasteiger partial charge in [0.05, 0.1) is 6.61 Å². The molecule has 1 rings (SSSR count). The molecule has 0 radical (unpaired) electrons. The molecule has 0 aliphatic heterocycles. The summed E-state index contributed by atoms with van der Waals surface area (Å²) in [5.74, 6) is 0. The summed E-state index contributed by atoms with van der Waals surface area (Å²) in [6, 6.07) is 6.60. The topological polar surface area (TPSA) is 72.6 Å². The van der Waals surface area contributed by atoms with Gasteiger partial charge in [0.25, 0.3) is 0 Å². The van der Waals surface area contributed by atoms with Crippen LogP contribution < -0.4 is 5.73 Å². The van der Waals surface area contributed by atoms with Crippen LogP contribution in [-0.4, -0.2) is 17.8 Å². The van der Waals surface area contributed by atoms with E-state index >= 15 is 0 Å². The van der Waals surface area contributed by atoms with Crippen LogP contribution in [0.2, 0.25) is 5.02 Å². The number of hydrogen-bond acceptors (Lipinski definition) is 3. The number of hydrogen-bond donors (Lipinski definition) is 2. The molecule has 1 atom stereocenters. The lowest BCUT2D eigenvalue weighted by Gasteiger charge is -2.13. The zero-order valence-corrected chi connectivity index (χ0v) is 8.07. The summed E-state index contributed by atoms with van der Waals surface area (Å²) in [6.45, 7) is -0.315. The van der Waals surface area contributed by atoms with E-state index in [2.05, 4.69) is 4.74 Å². The van der Waals surface area contributed by atoms with E-state index in [9.17, 15) is 4.79 Å². The molecule has 1 unspecified atom stereocenters. The number of halogens is 1. The predicted octanol–water partition coefficient (Wildman–Crippen LogP) is 1.47. The first-order chi connectivity index (χ1) is 6.63. The van der Waals surface area contributed by atoms with Crippen LogP contribution in [0.4, 0.5) is 4.79 Å². The maximum absolute atomic E-state index is 10.5. The Morgan fingerprint density at radius 3 is 2.50 bits per heavy atom. The van der Waals surface area contributed by atoms with E-state index in [1.54, 1.807) is 24.3 Å². The van der Waals surface area contributed by atoms with Crippen LogP contribution in [0.15, 0.2) is 24.3 Å². The lowest BCUT2D eigenvalue weighted by Crippen LogP contribution is -2.19. The Balaban J connectivity index is 2.78. The average molecular weight is 216 g/mol. The van der Waals surface area contributed by atoms with Crippen LogP contribution in [0, 0.1) is 0 Å². The summed E-state index contributed by atoms with van der Waals surface area (Å²) >= 11 is 5.67. The summed E-state index contributed by atoms with van der Waals surface area (Å²) in [6.07, 6.45) is -1.65. The fourth-order valence-electron chi connectivity index (χ4n) is 1.03. The van der Waals surface area contributed by atoms with Gasteiger partial charge in [-0.05, 0) is 17.7 Å². The predicted molar refractivity (Wildman–Crippen MR) is 51.9 cm³/mol. The Kier molecular flexibility index (Phi) is 3.73. The highest BCUT2D eigenvalue weighted by Crippen LogP contribution is 2.19. The molecule has 0 aliphatic rings. The van der Waals surface area contributed by atoms with Crippen LogP contribution in [0.3, 0.4) is 0 Å². The van der Waals surface area contributed by atoms with Crippen molar-refractivity contribution in [1.82, 2.24) is 0 Å². The van der Waals surface area contributed by atoms with E-state index < -0.39 is 12.2 Å². The molecule has 0 aliphatic carbocycles. The van der Waals surface area contributed by atoms with Gasteiger partial charge in [-0.25, -0.2) is 4.79 Å². The lowest BCUT2D eigenvalue weighted by atomic mass is 10.1. The summed E-state index contributed by atoms with van der Waals surface area (Å²) in [5.41, 5.74) is 5.49. The number of nitrogens with two attached hydrogens (primary N) is 1. The molecule has 0 fully saturated rings. The van der Waals surface area contributed by atoms with Gasteiger partial charge in [-0.3, -0.25) is 0 Å². The maximum atomic E-state index is 10.5. The Labute approximate surface area is 86.2 Å². The molecule has 1 aromatic rings. The fourth-order valence-corrected chi connectivity index (χ4v) is 1.15. The van der Waals surface area contributed by atoms with E-state index in [1.165, 1.54) is 0 Å². The molecule has 3 N–H and O–H groups in total. The van der Waals surface area contributed by atoms with Gasteiger partial charge in [-0.1, -0.05) is 23.7 Å². The van der Waals surface area contributed by atoms with Crippen molar-refractivity contribution in [2.24, 2.45) is 5.73 Å². The zero-order chi connectivity index (χ0) is 10.6. The van der Waals surface area contributed by atoms with E-state index in [4.69, 9.17) is 22.4 Å². The molecule has 76 valence electrons. The minimum Gasteiger partial charge on any atom is -0.439 e. The van der Waals surface area contributed by atoms with Gasteiger partial charge in [0, 0.05) is 5.02 Å². The Bertz CT molecular complexity index is 312. The highest BCUT2D eigenvalue weighted by atomic mass is 35.5. The third-order valence-corrected chi connectivity index (χ3v) is 1.92. The number of benzene rings is 1. The Morgan fingerprint density at radius 1 is 1.50 bits per heavy atom. The molecule has 0 aromatic heterocycles. The van der Waals surface area contributed by atoms with Gasteiger partial charge >= 0.3 is 6.09 Å². The molecule has 1 amide bonds. The van der Waals surface area contributed by atoms with Crippen molar-refractivity contribution < 1.29 is 14.6 Å². The van der Waals surface area contributed by atoms with E-state index in [1.807, 2.05) is 0 Å². The number of aliphatic hydroxyl groups is 1. The van der Waals surface area contributed by atoms with E-state index in [0.717, 1.165) is 0 Å². The first-order valence-corrected chi connectivity index (χ1v) is 4.33. The summed E-state index contributed by atoms with van der Waals surface area (Å²) in [4.78, 5) is 10.5. The number of aliphatic hydroxyl groups excluding tert-OH is 1. The first kappa shape index (κ1) is 10.8. The number of ether oxygens (including phenoxy) is 1. The number of rotatable bonds is 3. The molecule has 0 saturated carbocycles. The molecule has 0 saturated heterocycles. The molecule has 0 bridgehead atoms. The largest absolute Gasteiger partial charge is 0.439 e. The smallest absolute Gasteiger partial charge is 0.405 e. The summed E-state index contributed by atoms with van der Waals surface area (Å²) in [5, 5.41) is 9.51. The lowest BCUT2D eigenvalue weighted by molar-refractivity contribution is 0.0633. The fraction of sp³-hybridized carbons (Fsp3) is 0.222. The zero-order valence-electron chi connectivity index (χ0n) is 7.31.